The van der Waals surface area contributed by atoms with E-state index < -0.39 is 0 Å². The molecule has 2 aromatic rings. The molecular formula is C22H36N8O2+2. The number of hydrazine groups is 2. The molecule has 0 bridgehead atoms. The topological polar surface area (TPSA) is 108 Å². The van der Waals surface area contributed by atoms with Crippen LogP contribution in [0.1, 0.15) is 11.4 Å². The van der Waals surface area contributed by atoms with Crippen LogP contribution in [0.3, 0.4) is 0 Å². The molecule has 174 valence electrons. The standard InChI is InChI=1S/C22H34N8O2/c1-29(2,3)15-20(31)27-23-13-18-12-19(14-24-28-21(32)16-30(4,5)6)26-22(25-18)17-10-8-7-9-11-17/h7-12,23-24H,13-16H2,1-6H3/p+2. The van der Waals surface area contributed by atoms with Crippen molar-refractivity contribution in [2.75, 3.05) is 55.4 Å². The molecule has 1 aromatic carbocycles. The summed E-state index contributed by atoms with van der Waals surface area (Å²) in [6.07, 6.45) is 0. The van der Waals surface area contributed by atoms with Gasteiger partial charge in [0, 0.05) is 5.56 Å². The summed E-state index contributed by atoms with van der Waals surface area (Å²) in [4.78, 5) is 33.3. The highest BCUT2D eigenvalue weighted by Gasteiger charge is 2.15. The molecule has 0 aliphatic heterocycles. The molecule has 0 fully saturated rings. The minimum atomic E-state index is -0.100. The summed E-state index contributed by atoms with van der Waals surface area (Å²) < 4.78 is 1.07. The van der Waals surface area contributed by atoms with E-state index in [0.29, 0.717) is 41.0 Å². The first-order valence-electron chi connectivity index (χ1n) is 10.5. The molecule has 2 amide bonds. The fourth-order valence-electron chi connectivity index (χ4n) is 2.86. The highest BCUT2D eigenvalue weighted by atomic mass is 16.2. The molecule has 0 radical (unpaired) electrons. The van der Waals surface area contributed by atoms with E-state index in [2.05, 4.69) is 31.7 Å². The van der Waals surface area contributed by atoms with E-state index in [1.54, 1.807) is 0 Å². The fourth-order valence-corrected chi connectivity index (χ4v) is 2.86. The van der Waals surface area contributed by atoms with Gasteiger partial charge >= 0.3 is 0 Å². The molecule has 0 atom stereocenters. The SMILES string of the molecule is C[N+](C)(C)CC(=O)NNCc1cc(CNNC(=O)C[N+](C)(C)C)nc(-c2ccccc2)n1. The number of nitrogens with zero attached hydrogens (tertiary/aromatic N) is 4. The molecule has 0 unspecified atom stereocenters. The minimum absolute atomic E-state index is 0.100. The lowest BCUT2D eigenvalue weighted by Crippen LogP contribution is -2.48. The van der Waals surface area contributed by atoms with Crippen molar-refractivity contribution in [3.8, 4) is 11.4 Å². The predicted molar refractivity (Wildman–Crippen MR) is 123 cm³/mol. The molecular weight excluding hydrogens is 408 g/mol. The molecule has 4 N–H and O–H groups in total. The molecule has 1 heterocycles. The average molecular weight is 445 g/mol. The third-order valence-electron chi connectivity index (χ3n) is 4.09. The Kier molecular flexibility index (Phi) is 8.79. The zero-order valence-electron chi connectivity index (χ0n) is 19.9. The highest BCUT2D eigenvalue weighted by molar-refractivity contribution is 5.76. The number of amides is 2. The second kappa shape index (κ2) is 11.1. The van der Waals surface area contributed by atoms with Crippen molar-refractivity contribution in [3.63, 3.8) is 0 Å². The van der Waals surface area contributed by atoms with Crippen LogP contribution in [0.4, 0.5) is 0 Å². The van der Waals surface area contributed by atoms with Gasteiger partial charge in [-0.2, -0.15) is 0 Å². The van der Waals surface area contributed by atoms with E-state index in [-0.39, 0.29) is 11.8 Å². The Labute approximate surface area is 190 Å². The van der Waals surface area contributed by atoms with Crippen molar-refractivity contribution >= 4 is 11.8 Å². The summed E-state index contributed by atoms with van der Waals surface area (Å²) in [7, 11) is 11.7. The van der Waals surface area contributed by atoms with Gasteiger partial charge in [0.1, 0.15) is 0 Å². The molecule has 2 rings (SSSR count). The maximum absolute atomic E-state index is 12.0. The Morgan fingerprint density at radius 3 is 1.59 bits per heavy atom. The molecule has 32 heavy (non-hydrogen) atoms. The Hall–Kier alpha value is -2.92. The number of likely N-dealkylation sites (N-methyl/N-ethyl adjacent to an activating group) is 2. The van der Waals surface area contributed by atoms with Crippen LogP contribution in [0, 0.1) is 0 Å². The number of nitrogens with one attached hydrogen (secondary N) is 4. The zero-order chi connectivity index (χ0) is 23.8. The van der Waals surface area contributed by atoms with Crippen LogP contribution in [0.2, 0.25) is 0 Å². The number of carbonyl (C=O) groups is 2. The number of hydrogen-bond acceptors (Lipinski definition) is 6. The largest absolute Gasteiger partial charge is 0.323 e. The van der Waals surface area contributed by atoms with Crippen molar-refractivity contribution in [3.05, 3.63) is 47.8 Å². The van der Waals surface area contributed by atoms with Gasteiger partial charge in [-0.1, -0.05) is 30.3 Å². The average Bonchev–Trinajstić information content (AvgIpc) is 2.66. The summed E-state index contributed by atoms with van der Waals surface area (Å²) in [6.45, 7) is 1.39. The van der Waals surface area contributed by atoms with Crippen LogP contribution in [0.25, 0.3) is 11.4 Å². The first-order chi connectivity index (χ1) is 14.9. The number of quaternary nitrogens is 2. The van der Waals surface area contributed by atoms with Crippen LogP contribution < -0.4 is 21.7 Å². The van der Waals surface area contributed by atoms with Gasteiger partial charge in [-0.05, 0) is 6.07 Å². The van der Waals surface area contributed by atoms with Gasteiger partial charge in [0.25, 0.3) is 11.8 Å². The lowest BCUT2D eigenvalue weighted by Gasteiger charge is -2.23. The Bertz CT molecular complexity index is 852. The van der Waals surface area contributed by atoms with Crippen LogP contribution in [-0.2, 0) is 22.7 Å². The fraction of sp³-hybridized carbons (Fsp3) is 0.455. The lowest BCUT2D eigenvalue weighted by atomic mass is 10.2. The van der Waals surface area contributed by atoms with Crippen LogP contribution in [0.5, 0.6) is 0 Å². The maximum atomic E-state index is 12.0. The van der Waals surface area contributed by atoms with Crippen LogP contribution in [0.15, 0.2) is 36.4 Å². The molecule has 0 saturated heterocycles. The molecule has 0 aliphatic rings. The van der Waals surface area contributed by atoms with Gasteiger partial charge in [0.2, 0.25) is 0 Å². The van der Waals surface area contributed by atoms with Gasteiger partial charge in [-0.15, -0.1) is 0 Å². The van der Waals surface area contributed by atoms with Gasteiger partial charge < -0.3 is 8.97 Å². The smallest absolute Gasteiger partial charge is 0.289 e. The zero-order valence-corrected chi connectivity index (χ0v) is 19.9. The van der Waals surface area contributed by atoms with Crippen molar-refractivity contribution in [1.29, 1.82) is 0 Å². The van der Waals surface area contributed by atoms with E-state index in [9.17, 15) is 9.59 Å². The van der Waals surface area contributed by atoms with Gasteiger partial charge in [0.15, 0.2) is 18.9 Å². The van der Waals surface area contributed by atoms with E-state index in [1.807, 2.05) is 78.7 Å². The lowest BCUT2D eigenvalue weighted by molar-refractivity contribution is -0.862. The highest BCUT2D eigenvalue weighted by Crippen LogP contribution is 2.15. The second-order valence-corrected chi connectivity index (χ2v) is 9.74. The second-order valence-electron chi connectivity index (χ2n) is 9.74. The van der Waals surface area contributed by atoms with Crippen LogP contribution in [-0.4, -0.2) is 86.1 Å². The summed E-state index contributed by atoms with van der Waals surface area (Å²) in [6, 6.07) is 11.5. The summed E-state index contributed by atoms with van der Waals surface area (Å²) in [5.41, 5.74) is 13.6. The molecule has 1 aromatic heterocycles. The Morgan fingerprint density at radius 1 is 0.750 bits per heavy atom. The molecule has 0 saturated carbocycles. The maximum Gasteiger partial charge on any atom is 0.289 e. The third kappa shape index (κ3) is 9.92. The normalized spacial score (nSPS) is 11.8. The van der Waals surface area contributed by atoms with Gasteiger partial charge in [-0.25, -0.2) is 20.8 Å². The van der Waals surface area contributed by atoms with E-state index in [4.69, 9.17) is 0 Å². The van der Waals surface area contributed by atoms with Crippen molar-refractivity contribution < 1.29 is 18.6 Å². The van der Waals surface area contributed by atoms with Crippen molar-refractivity contribution in [1.82, 2.24) is 31.7 Å². The van der Waals surface area contributed by atoms with E-state index in [1.165, 1.54) is 0 Å². The Balaban J connectivity index is 2.05. The molecule has 0 spiro atoms. The van der Waals surface area contributed by atoms with E-state index >= 15 is 0 Å². The molecule has 10 nitrogen and oxygen atoms in total. The first-order valence-corrected chi connectivity index (χ1v) is 10.5. The summed E-state index contributed by atoms with van der Waals surface area (Å²) in [5.74, 6) is 0.380. The molecule has 10 heteroatoms. The van der Waals surface area contributed by atoms with Crippen molar-refractivity contribution in [2.24, 2.45) is 0 Å². The number of aromatic nitrogens is 2. The quantitative estimate of drug-likeness (QED) is 0.282. The summed E-state index contributed by atoms with van der Waals surface area (Å²) >= 11 is 0. The minimum Gasteiger partial charge on any atom is -0.323 e. The first kappa shape index (κ1) is 25.3. The predicted octanol–water partition coefficient (Wildman–Crippen LogP) is -0.202. The monoisotopic (exact) mass is 444 g/mol. The van der Waals surface area contributed by atoms with Crippen LogP contribution >= 0.6 is 0 Å². The third-order valence-corrected chi connectivity index (χ3v) is 4.09. The van der Waals surface area contributed by atoms with Crippen molar-refractivity contribution in [2.45, 2.75) is 13.1 Å². The molecule has 0 aliphatic carbocycles. The number of benzene rings is 1. The van der Waals surface area contributed by atoms with Gasteiger partial charge in [-0.3, -0.25) is 20.4 Å². The Morgan fingerprint density at radius 2 is 1.19 bits per heavy atom. The summed E-state index contributed by atoms with van der Waals surface area (Å²) in [5, 5.41) is 0. The number of hydrogen-bond donors (Lipinski definition) is 4. The number of carbonyl (C=O) groups excluding carboxylic acids is 2. The number of rotatable bonds is 11. The van der Waals surface area contributed by atoms with Gasteiger partial charge in [0.05, 0.1) is 66.8 Å². The van der Waals surface area contributed by atoms with E-state index in [0.717, 1.165) is 17.0 Å².